The number of methoxy groups -OCH3 is 1. The summed E-state index contributed by atoms with van der Waals surface area (Å²) in [6.07, 6.45) is 6.41. The van der Waals surface area contributed by atoms with E-state index in [1.807, 2.05) is 12.1 Å². The molecule has 1 fully saturated rings. The van der Waals surface area contributed by atoms with E-state index in [-0.39, 0.29) is 35.5 Å². The summed E-state index contributed by atoms with van der Waals surface area (Å²) >= 11 is 0. The lowest BCUT2D eigenvalue weighted by atomic mass is 9.73. The molecule has 0 aromatic carbocycles. The lowest BCUT2D eigenvalue weighted by Gasteiger charge is -2.37. The fraction of sp³-hybridized carbons (Fsp3) is 0.722. The number of hydrogen-bond donors (Lipinski definition) is 3. The summed E-state index contributed by atoms with van der Waals surface area (Å²) in [6.45, 7) is 4.82. The molecule has 2 unspecified atom stereocenters. The summed E-state index contributed by atoms with van der Waals surface area (Å²) in [4.78, 5) is 4.71. The molecule has 0 radical (unpaired) electrons. The van der Waals surface area contributed by atoms with Crippen molar-refractivity contribution in [2.45, 2.75) is 45.1 Å². The molecule has 0 saturated heterocycles. The third kappa shape index (κ3) is 7.53. The van der Waals surface area contributed by atoms with E-state index in [1.54, 1.807) is 13.4 Å². The van der Waals surface area contributed by atoms with Gasteiger partial charge in [-0.1, -0.05) is 19.8 Å². The first kappa shape index (κ1) is 22.2. The highest BCUT2D eigenvalue weighted by molar-refractivity contribution is 14.0. The maximum absolute atomic E-state index is 10.3. The van der Waals surface area contributed by atoms with Gasteiger partial charge in [-0.3, -0.25) is 4.99 Å². The number of rotatable bonds is 8. The zero-order valence-corrected chi connectivity index (χ0v) is 17.6. The Morgan fingerprint density at radius 3 is 2.88 bits per heavy atom. The lowest BCUT2D eigenvalue weighted by Crippen LogP contribution is -2.43. The molecule has 1 aliphatic rings. The monoisotopic (exact) mass is 465 g/mol. The quantitative estimate of drug-likeness (QED) is 0.238. The minimum atomic E-state index is -0.265. The van der Waals surface area contributed by atoms with E-state index in [2.05, 4.69) is 17.6 Å². The predicted octanol–water partition coefficient (Wildman–Crippen LogP) is 2.56. The number of nitrogens with one attached hydrogen (secondary N) is 2. The molecule has 0 aliphatic heterocycles. The number of halogens is 1. The van der Waals surface area contributed by atoms with Gasteiger partial charge in [0.05, 0.1) is 25.5 Å². The molecule has 1 heterocycles. The van der Waals surface area contributed by atoms with Crippen molar-refractivity contribution < 1.29 is 14.3 Å². The molecule has 6 nitrogen and oxygen atoms in total. The van der Waals surface area contributed by atoms with Crippen molar-refractivity contribution in [2.24, 2.45) is 10.4 Å². The molecular formula is C18H32IN3O3. The van der Waals surface area contributed by atoms with Crippen molar-refractivity contribution >= 4 is 29.9 Å². The molecule has 144 valence electrons. The Morgan fingerprint density at radius 1 is 1.40 bits per heavy atom. The second-order valence-corrected chi connectivity index (χ2v) is 6.76. The minimum Gasteiger partial charge on any atom is -0.469 e. The van der Waals surface area contributed by atoms with Crippen molar-refractivity contribution in [3.8, 4) is 0 Å². The Kier molecular flexibility index (Phi) is 10.4. The average molecular weight is 465 g/mol. The molecule has 1 aromatic heterocycles. The SMILES string of the molecule is COCCNC(=NCC1(C)CCCCC1O)NCCc1ccco1.I. The molecule has 2 atom stereocenters. The van der Waals surface area contributed by atoms with Crippen molar-refractivity contribution in [1.29, 1.82) is 0 Å². The van der Waals surface area contributed by atoms with Crippen LogP contribution in [-0.4, -0.2) is 50.5 Å². The van der Waals surface area contributed by atoms with Crippen LogP contribution in [0.4, 0.5) is 0 Å². The highest BCUT2D eigenvalue weighted by atomic mass is 127. The predicted molar refractivity (Wildman–Crippen MR) is 111 cm³/mol. The fourth-order valence-electron chi connectivity index (χ4n) is 3.03. The summed E-state index contributed by atoms with van der Waals surface area (Å²) in [5.74, 6) is 1.71. The van der Waals surface area contributed by atoms with E-state index in [0.717, 1.165) is 43.9 Å². The molecule has 1 saturated carbocycles. The standard InChI is InChI=1S/C18H31N3O3.HI/c1-18(9-4-3-7-16(18)22)14-21-17(20-11-13-23-2)19-10-8-15-6-5-12-24-15;/h5-6,12,16,22H,3-4,7-11,13-14H2,1-2H3,(H2,19,20,21);1H. The van der Waals surface area contributed by atoms with Crippen LogP contribution in [0, 0.1) is 5.41 Å². The fourth-order valence-corrected chi connectivity index (χ4v) is 3.03. The van der Waals surface area contributed by atoms with Crippen LogP contribution in [0.2, 0.25) is 0 Å². The van der Waals surface area contributed by atoms with E-state index < -0.39 is 0 Å². The zero-order chi connectivity index (χ0) is 17.3. The maximum Gasteiger partial charge on any atom is 0.191 e. The third-order valence-corrected chi connectivity index (χ3v) is 4.72. The number of nitrogens with zero attached hydrogens (tertiary/aromatic N) is 1. The number of aliphatic hydroxyl groups excluding tert-OH is 1. The first-order valence-corrected chi connectivity index (χ1v) is 8.85. The van der Waals surface area contributed by atoms with Crippen molar-refractivity contribution in [3.05, 3.63) is 24.2 Å². The van der Waals surface area contributed by atoms with Gasteiger partial charge in [-0.25, -0.2) is 0 Å². The molecule has 0 amide bonds. The van der Waals surface area contributed by atoms with Crippen molar-refractivity contribution in [1.82, 2.24) is 10.6 Å². The van der Waals surface area contributed by atoms with E-state index >= 15 is 0 Å². The summed E-state index contributed by atoms with van der Waals surface area (Å²) in [5.41, 5.74) is -0.130. The number of ether oxygens (including phenoxy) is 1. The van der Waals surface area contributed by atoms with Crippen LogP contribution in [0.15, 0.2) is 27.8 Å². The van der Waals surface area contributed by atoms with Gasteiger partial charge in [-0.2, -0.15) is 0 Å². The number of aliphatic hydroxyl groups is 1. The number of guanidine groups is 1. The topological polar surface area (TPSA) is 79.0 Å². The van der Waals surface area contributed by atoms with Gasteiger partial charge in [0, 0.05) is 32.0 Å². The van der Waals surface area contributed by atoms with Crippen LogP contribution in [0.3, 0.4) is 0 Å². The third-order valence-electron chi connectivity index (χ3n) is 4.72. The summed E-state index contributed by atoms with van der Waals surface area (Å²) in [7, 11) is 1.68. The molecule has 1 aliphatic carbocycles. The molecule has 1 aromatic rings. The van der Waals surface area contributed by atoms with Crippen LogP contribution in [-0.2, 0) is 11.2 Å². The van der Waals surface area contributed by atoms with Crippen LogP contribution in [0.5, 0.6) is 0 Å². The van der Waals surface area contributed by atoms with Gasteiger partial charge in [-0.15, -0.1) is 24.0 Å². The Bertz CT molecular complexity index is 496. The molecule has 0 spiro atoms. The lowest BCUT2D eigenvalue weighted by molar-refractivity contribution is 0.00716. The number of aliphatic imine (C=N–C) groups is 1. The van der Waals surface area contributed by atoms with Gasteiger partial charge >= 0.3 is 0 Å². The Hall–Kier alpha value is -0.800. The first-order chi connectivity index (χ1) is 11.6. The van der Waals surface area contributed by atoms with E-state index in [0.29, 0.717) is 19.7 Å². The summed E-state index contributed by atoms with van der Waals surface area (Å²) in [5, 5.41) is 16.9. The second-order valence-electron chi connectivity index (χ2n) is 6.76. The number of furan rings is 1. The van der Waals surface area contributed by atoms with Crippen molar-refractivity contribution in [3.63, 3.8) is 0 Å². The highest BCUT2D eigenvalue weighted by Crippen LogP contribution is 2.36. The molecule has 7 heteroatoms. The van der Waals surface area contributed by atoms with Gasteiger partial charge in [-0.05, 0) is 25.0 Å². The van der Waals surface area contributed by atoms with Gasteiger partial charge in [0.15, 0.2) is 5.96 Å². The molecule has 0 bridgehead atoms. The normalized spacial score (nSPS) is 23.8. The minimum absolute atomic E-state index is 0. The maximum atomic E-state index is 10.3. The van der Waals surface area contributed by atoms with Gasteiger partial charge in [0.1, 0.15) is 5.76 Å². The van der Waals surface area contributed by atoms with Crippen LogP contribution in [0.25, 0.3) is 0 Å². The van der Waals surface area contributed by atoms with Gasteiger partial charge < -0.3 is 24.9 Å². The molecule has 2 rings (SSSR count). The smallest absolute Gasteiger partial charge is 0.191 e. The Labute approximate surface area is 167 Å². The molecular weight excluding hydrogens is 433 g/mol. The highest BCUT2D eigenvalue weighted by Gasteiger charge is 2.35. The van der Waals surface area contributed by atoms with Crippen LogP contribution >= 0.6 is 24.0 Å². The summed E-state index contributed by atoms with van der Waals surface area (Å²) < 4.78 is 10.4. The van der Waals surface area contributed by atoms with E-state index in [4.69, 9.17) is 14.1 Å². The van der Waals surface area contributed by atoms with Crippen LogP contribution < -0.4 is 10.6 Å². The van der Waals surface area contributed by atoms with Gasteiger partial charge in [0.2, 0.25) is 0 Å². The Balaban J connectivity index is 0.00000312. The zero-order valence-electron chi connectivity index (χ0n) is 15.3. The summed E-state index contributed by atoms with van der Waals surface area (Å²) in [6, 6.07) is 3.86. The average Bonchev–Trinajstić information content (AvgIpc) is 3.09. The Morgan fingerprint density at radius 2 is 2.20 bits per heavy atom. The first-order valence-electron chi connectivity index (χ1n) is 8.85. The number of hydrogen-bond acceptors (Lipinski definition) is 4. The molecule has 3 N–H and O–H groups in total. The molecule has 25 heavy (non-hydrogen) atoms. The second kappa shape index (κ2) is 11.7. The van der Waals surface area contributed by atoms with E-state index in [9.17, 15) is 5.11 Å². The van der Waals surface area contributed by atoms with E-state index in [1.165, 1.54) is 6.42 Å². The van der Waals surface area contributed by atoms with Crippen molar-refractivity contribution in [2.75, 3.05) is 33.4 Å². The van der Waals surface area contributed by atoms with Crippen LogP contribution in [0.1, 0.15) is 38.4 Å². The van der Waals surface area contributed by atoms with Gasteiger partial charge in [0.25, 0.3) is 0 Å². The largest absolute Gasteiger partial charge is 0.469 e.